The number of carboxylic acid groups (broad SMARTS) is 2. The van der Waals surface area contributed by atoms with E-state index in [1.165, 1.54) is 0 Å². The maximum Gasteiger partial charge on any atom is 0.335 e. The Bertz CT molecular complexity index is 1100. The van der Waals surface area contributed by atoms with Crippen molar-refractivity contribution in [2.45, 2.75) is 0 Å². The van der Waals surface area contributed by atoms with Crippen LogP contribution in [0.5, 0.6) is 0 Å². The summed E-state index contributed by atoms with van der Waals surface area (Å²) in [7, 11) is 0. The maximum absolute atomic E-state index is 11.0. The van der Waals surface area contributed by atoms with Gasteiger partial charge < -0.3 is 10.2 Å². The van der Waals surface area contributed by atoms with Gasteiger partial charge in [-0.3, -0.25) is 4.98 Å². The van der Waals surface area contributed by atoms with Crippen LogP contribution < -0.4 is 0 Å². The van der Waals surface area contributed by atoms with Crippen molar-refractivity contribution in [3.8, 4) is 33.5 Å². The van der Waals surface area contributed by atoms with E-state index in [9.17, 15) is 9.59 Å². The van der Waals surface area contributed by atoms with Crippen LogP contribution in [0.4, 0.5) is 0 Å². The van der Waals surface area contributed by atoms with E-state index in [2.05, 4.69) is 4.98 Å². The molecule has 0 unspecified atom stereocenters. The largest absolute Gasteiger partial charge is 0.478 e. The molecular formula is C25H17NO4. The fourth-order valence-corrected chi connectivity index (χ4v) is 3.18. The Morgan fingerprint density at radius 2 is 0.867 bits per heavy atom. The van der Waals surface area contributed by atoms with Gasteiger partial charge in [0.15, 0.2) is 0 Å². The summed E-state index contributed by atoms with van der Waals surface area (Å²) in [5.41, 5.74) is 6.05. The third kappa shape index (κ3) is 3.95. The van der Waals surface area contributed by atoms with Crippen LogP contribution in [0.2, 0.25) is 0 Å². The van der Waals surface area contributed by atoms with E-state index < -0.39 is 11.9 Å². The SMILES string of the molecule is O=C(O)c1ccc(-c2ccc(-c3ccc(-c4ccc(C(=O)O)cc4)cn3)cc2)cc1. The van der Waals surface area contributed by atoms with Gasteiger partial charge in [-0.15, -0.1) is 0 Å². The molecule has 0 radical (unpaired) electrons. The van der Waals surface area contributed by atoms with Crippen molar-refractivity contribution < 1.29 is 19.8 Å². The fraction of sp³-hybridized carbons (Fsp3) is 0. The molecule has 0 saturated carbocycles. The molecule has 4 aromatic rings. The first-order valence-electron chi connectivity index (χ1n) is 9.25. The Labute approximate surface area is 172 Å². The van der Waals surface area contributed by atoms with Crippen LogP contribution in [-0.2, 0) is 0 Å². The summed E-state index contributed by atoms with van der Waals surface area (Å²) in [6.45, 7) is 0. The van der Waals surface area contributed by atoms with E-state index in [0.717, 1.165) is 33.5 Å². The van der Waals surface area contributed by atoms with Crippen LogP contribution in [0.25, 0.3) is 33.5 Å². The second kappa shape index (κ2) is 8.01. The van der Waals surface area contributed by atoms with Crippen LogP contribution in [0.15, 0.2) is 91.1 Å². The van der Waals surface area contributed by atoms with Gasteiger partial charge in [0.05, 0.1) is 16.8 Å². The van der Waals surface area contributed by atoms with Crippen LogP contribution in [0.1, 0.15) is 20.7 Å². The highest BCUT2D eigenvalue weighted by atomic mass is 16.4. The number of benzene rings is 3. The molecule has 1 aromatic heterocycles. The molecule has 0 aliphatic rings. The average Bonchev–Trinajstić information content (AvgIpc) is 2.79. The molecule has 30 heavy (non-hydrogen) atoms. The summed E-state index contributed by atoms with van der Waals surface area (Å²) in [5.74, 6) is -1.89. The van der Waals surface area contributed by atoms with Gasteiger partial charge in [0.1, 0.15) is 0 Å². The summed E-state index contributed by atoms with van der Waals surface area (Å²) in [4.78, 5) is 26.5. The van der Waals surface area contributed by atoms with Crippen molar-refractivity contribution in [2.24, 2.45) is 0 Å². The molecule has 0 fully saturated rings. The summed E-state index contributed by atoms with van der Waals surface area (Å²) >= 11 is 0. The van der Waals surface area contributed by atoms with Gasteiger partial charge in [-0.25, -0.2) is 9.59 Å². The van der Waals surface area contributed by atoms with Crippen molar-refractivity contribution in [2.75, 3.05) is 0 Å². The zero-order valence-electron chi connectivity index (χ0n) is 15.8. The lowest BCUT2D eigenvalue weighted by atomic mass is 10.0. The minimum atomic E-state index is -0.948. The highest BCUT2D eigenvalue weighted by Gasteiger charge is 2.06. The Kier molecular flexibility index (Phi) is 5.09. The van der Waals surface area contributed by atoms with Gasteiger partial charge in [-0.05, 0) is 47.0 Å². The smallest absolute Gasteiger partial charge is 0.335 e. The number of carboxylic acids is 2. The van der Waals surface area contributed by atoms with E-state index >= 15 is 0 Å². The fourth-order valence-electron chi connectivity index (χ4n) is 3.18. The molecule has 0 saturated heterocycles. The molecule has 0 amide bonds. The molecule has 4 rings (SSSR count). The van der Waals surface area contributed by atoms with Crippen molar-refractivity contribution in [1.29, 1.82) is 0 Å². The molecule has 0 spiro atoms. The highest BCUT2D eigenvalue weighted by molar-refractivity contribution is 5.89. The lowest BCUT2D eigenvalue weighted by Gasteiger charge is -2.07. The number of aromatic nitrogens is 1. The third-order valence-corrected chi connectivity index (χ3v) is 4.87. The van der Waals surface area contributed by atoms with Crippen molar-refractivity contribution in [3.05, 3.63) is 102 Å². The first kappa shape index (κ1) is 19.1. The second-order valence-electron chi connectivity index (χ2n) is 6.77. The van der Waals surface area contributed by atoms with Gasteiger partial charge in [0.25, 0.3) is 0 Å². The minimum Gasteiger partial charge on any atom is -0.478 e. The van der Waals surface area contributed by atoms with E-state index in [4.69, 9.17) is 10.2 Å². The molecule has 2 N–H and O–H groups in total. The number of carbonyl (C=O) groups is 2. The standard InChI is InChI=1S/C25H17NO4/c27-24(28)20-9-3-17(4-10-20)16-1-7-19(8-2-16)23-14-13-22(15-26-23)18-5-11-21(12-6-18)25(29)30/h1-15H,(H,27,28)(H,29,30). The maximum atomic E-state index is 11.0. The van der Waals surface area contributed by atoms with Crippen molar-refractivity contribution in [1.82, 2.24) is 4.98 Å². The summed E-state index contributed by atoms with van der Waals surface area (Å²) < 4.78 is 0. The lowest BCUT2D eigenvalue weighted by Crippen LogP contribution is -1.95. The zero-order chi connectivity index (χ0) is 21.1. The molecule has 0 aliphatic carbocycles. The van der Waals surface area contributed by atoms with Gasteiger partial charge in [0, 0.05) is 17.3 Å². The van der Waals surface area contributed by atoms with Crippen molar-refractivity contribution in [3.63, 3.8) is 0 Å². The molecule has 0 atom stereocenters. The van der Waals surface area contributed by atoms with Gasteiger partial charge in [0.2, 0.25) is 0 Å². The van der Waals surface area contributed by atoms with Crippen molar-refractivity contribution >= 4 is 11.9 Å². The second-order valence-corrected chi connectivity index (χ2v) is 6.77. The molecule has 3 aromatic carbocycles. The topological polar surface area (TPSA) is 87.5 Å². The molecule has 5 nitrogen and oxygen atoms in total. The van der Waals surface area contributed by atoms with E-state index in [1.54, 1.807) is 54.7 Å². The molecular weight excluding hydrogens is 378 g/mol. The molecule has 1 heterocycles. The monoisotopic (exact) mass is 395 g/mol. The van der Waals surface area contributed by atoms with E-state index in [-0.39, 0.29) is 11.1 Å². The average molecular weight is 395 g/mol. The lowest BCUT2D eigenvalue weighted by molar-refractivity contribution is 0.0686. The van der Waals surface area contributed by atoms with E-state index in [1.807, 2.05) is 36.4 Å². The minimum absolute atomic E-state index is 0.251. The van der Waals surface area contributed by atoms with Crippen LogP contribution in [0, 0.1) is 0 Å². The summed E-state index contributed by atoms with van der Waals surface area (Å²) in [6.07, 6.45) is 1.77. The zero-order valence-corrected chi connectivity index (χ0v) is 15.8. The van der Waals surface area contributed by atoms with Gasteiger partial charge >= 0.3 is 11.9 Å². The Morgan fingerprint density at radius 1 is 0.500 bits per heavy atom. The first-order chi connectivity index (χ1) is 14.5. The Balaban J connectivity index is 1.53. The number of hydrogen-bond acceptors (Lipinski definition) is 3. The molecule has 0 aliphatic heterocycles. The van der Waals surface area contributed by atoms with Crippen LogP contribution in [0.3, 0.4) is 0 Å². The number of pyridine rings is 1. The Hall–Kier alpha value is -4.25. The quantitative estimate of drug-likeness (QED) is 0.467. The predicted octanol–water partition coefficient (Wildman–Crippen LogP) is 5.48. The summed E-state index contributed by atoms with van der Waals surface area (Å²) in [6, 6.07) is 25.3. The predicted molar refractivity (Wildman–Crippen MR) is 114 cm³/mol. The number of hydrogen-bond donors (Lipinski definition) is 2. The van der Waals surface area contributed by atoms with Crippen LogP contribution >= 0.6 is 0 Å². The number of nitrogens with zero attached hydrogens (tertiary/aromatic N) is 1. The normalized spacial score (nSPS) is 10.5. The van der Waals surface area contributed by atoms with Crippen LogP contribution in [-0.4, -0.2) is 27.1 Å². The highest BCUT2D eigenvalue weighted by Crippen LogP contribution is 2.26. The van der Waals surface area contributed by atoms with Gasteiger partial charge in [-0.1, -0.05) is 54.6 Å². The molecule has 0 bridgehead atoms. The molecule has 5 heteroatoms. The number of aromatic carboxylic acids is 2. The first-order valence-corrected chi connectivity index (χ1v) is 9.25. The summed E-state index contributed by atoms with van der Waals surface area (Å²) in [5, 5.41) is 18.0. The van der Waals surface area contributed by atoms with E-state index in [0.29, 0.717) is 0 Å². The molecule has 146 valence electrons. The third-order valence-electron chi connectivity index (χ3n) is 4.87. The number of rotatable bonds is 5. The Morgan fingerprint density at radius 3 is 1.27 bits per heavy atom. The van der Waals surface area contributed by atoms with Gasteiger partial charge in [-0.2, -0.15) is 0 Å².